The van der Waals surface area contributed by atoms with E-state index in [0.717, 1.165) is 57.3 Å². The summed E-state index contributed by atoms with van der Waals surface area (Å²) in [6.07, 6.45) is 8.79. The number of aryl methyl sites for hydroxylation is 2. The summed E-state index contributed by atoms with van der Waals surface area (Å²) in [7, 11) is -3.58. The molecule has 0 aromatic heterocycles. The highest BCUT2D eigenvalue weighted by Gasteiger charge is 2.21. The lowest BCUT2D eigenvalue weighted by Crippen LogP contribution is -2.45. The van der Waals surface area contributed by atoms with Crippen molar-refractivity contribution in [2.24, 2.45) is 0 Å². The molecule has 162 valence electrons. The minimum absolute atomic E-state index is 0.0786. The van der Waals surface area contributed by atoms with Gasteiger partial charge in [-0.05, 0) is 74.8 Å². The Bertz CT molecular complexity index is 786. The Labute approximate surface area is 175 Å². The molecule has 7 heteroatoms. The number of sulfonamides is 1. The van der Waals surface area contributed by atoms with Gasteiger partial charge in [0.2, 0.25) is 15.9 Å². The van der Waals surface area contributed by atoms with Gasteiger partial charge in [0, 0.05) is 32.1 Å². The van der Waals surface area contributed by atoms with E-state index in [-0.39, 0.29) is 24.9 Å². The van der Waals surface area contributed by atoms with Gasteiger partial charge in [0.15, 0.2) is 0 Å². The van der Waals surface area contributed by atoms with Crippen LogP contribution in [0.15, 0.2) is 23.1 Å². The quantitative estimate of drug-likeness (QED) is 0.642. The standard InChI is InChI=1S/C22H35N3O3S/c1-2-3-14-25-15-11-20(12-16-25)24-22(26)10-13-23-29(27,28)21-9-8-18-6-4-5-7-19(18)17-21/h8-9,17,20,23H,2-7,10-16H2,1H3,(H,24,26). The molecule has 2 aliphatic rings. The largest absolute Gasteiger partial charge is 0.353 e. The van der Waals surface area contributed by atoms with Gasteiger partial charge in [-0.25, -0.2) is 13.1 Å². The highest BCUT2D eigenvalue weighted by molar-refractivity contribution is 7.89. The van der Waals surface area contributed by atoms with E-state index in [9.17, 15) is 13.2 Å². The molecule has 1 heterocycles. The first-order chi connectivity index (χ1) is 14.0. The predicted octanol–water partition coefficient (Wildman–Crippen LogP) is 2.61. The third-order valence-corrected chi connectivity index (χ3v) is 7.51. The van der Waals surface area contributed by atoms with Crippen LogP contribution in [-0.2, 0) is 27.7 Å². The van der Waals surface area contributed by atoms with Gasteiger partial charge in [-0.1, -0.05) is 19.4 Å². The van der Waals surface area contributed by atoms with Crippen molar-refractivity contribution in [2.45, 2.75) is 75.6 Å². The van der Waals surface area contributed by atoms with Crippen LogP contribution in [0.25, 0.3) is 0 Å². The molecule has 0 spiro atoms. The summed E-state index contributed by atoms with van der Waals surface area (Å²) in [5.41, 5.74) is 2.40. The molecule has 1 aromatic carbocycles. The molecule has 29 heavy (non-hydrogen) atoms. The van der Waals surface area contributed by atoms with Crippen molar-refractivity contribution >= 4 is 15.9 Å². The average Bonchev–Trinajstić information content (AvgIpc) is 2.72. The van der Waals surface area contributed by atoms with Gasteiger partial charge in [0.05, 0.1) is 4.90 Å². The van der Waals surface area contributed by atoms with E-state index in [0.29, 0.717) is 4.90 Å². The fraction of sp³-hybridized carbons (Fsp3) is 0.682. The molecule has 0 radical (unpaired) electrons. The highest BCUT2D eigenvalue weighted by atomic mass is 32.2. The normalized spacial score (nSPS) is 18.4. The molecule has 0 atom stereocenters. The van der Waals surface area contributed by atoms with E-state index in [4.69, 9.17) is 0 Å². The molecular weight excluding hydrogens is 386 g/mol. The molecular formula is C22H35N3O3S. The van der Waals surface area contributed by atoms with E-state index in [2.05, 4.69) is 21.9 Å². The Hall–Kier alpha value is -1.44. The number of benzene rings is 1. The van der Waals surface area contributed by atoms with Crippen LogP contribution < -0.4 is 10.0 Å². The number of amides is 1. The van der Waals surface area contributed by atoms with Crippen molar-refractivity contribution < 1.29 is 13.2 Å². The summed E-state index contributed by atoms with van der Waals surface area (Å²) in [6.45, 7) is 5.51. The van der Waals surface area contributed by atoms with E-state index < -0.39 is 10.0 Å². The smallest absolute Gasteiger partial charge is 0.240 e. The van der Waals surface area contributed by atoms with E-state index in [1.54, 1.807) is 12.1 Å². The monoisotopic (exact) mass is 421 g/mol. The zero-order valence-corrected chi connectivity index (χ0v) is 18.4. The highest BCUT2D eigenvalue weighted by Crippen LogP contribution is 2.24. The Kier molecular flexibility index (Phi) is 8.09. The second-order valence-corrected chi connectivity index (χ2v) is 10.1. The van der Waals surface area contributed by atoms with E-state index >= 15 is 0 Å². The van der Waals surface area contributed by atoms with Crippen molar-refractivity contribution in [1.29, 1.82) is 0 Å². The second-order valence-electron chi connectivity index (χ2n) is 8.32. The van der Waals surface area contributed by atoms with Crippen LogP contribution in [0.2, 0.25) is 0 Å². The number of rotatable bonds is 9. The van der Waals surface area contributed by atoms with Gasteiger partial charge in [-0.2, -0.15) is 0 Å². The molecule has 1 aliphatic heterocycles. The molecule has 0 saturated carbocycles. The van der Waals surface area contributed by atoms with E-state index in [1.165, 1.54) is 24.8 Å². The minimum Gasteiger partial charge on any atom is -0.353 e. The molecule has 1 aliphatic carbocycles. The van der Waals surface area contributed by atoms with Crippen LogP contribution in [0.5, 0.6) is 0 Å². The number of unbranched alkanes of at least 4 members (excludes halogenated alkanes) is 1. The van der Waals surface area contributed by atoms with Crippen LogP contribution in [-0.4, -0.2) is 51.4 Å². The molecule has 2 N–H and O–H groups in total. The lowest BCUT2D eigenvalue weighted by molar-refractivity contribution is -0.121. The first-order valence-corrected chi connectivity index (χ1v) is 12.6. The number of fused-ring (bicyclic) bond motifs is 1. The van der Waals surface area contributed by atoms with Gasteiger partial charge in [0.25, 0.3) is 0 Å². The van der Waals surface area contributed by atoms with Crippen molar-refractivity contribution in [3.8, 4) is 0 Å². The molecule has 3 rings (SSSR count). The molecule has 1 amide bonds. The van der Waals surface area contributed by atoms with E-state index in [1.807, 2.05) is 6.07 Å². The fourth-order valence-electron chi connectivity index (χ4n) is 4.24. The lowest BCUT2D eigenvalue weighted by Gasteiger charge is -2.32. The van der Waals surface area contributed by atoms with Gasteiger partial charge >= 0.3 is 0 Å². The summed E-state index contributed by atoms with van der Waals surface area (Å²) in [5, 5.41) is 3.06. The number of nitrogens with one attached hydrogen (secondary N) is 2. The Morgan fingerprint density at radius 1 is 1.14 bits per heavy atom. The Balaban J connectivity index is 1.41. The van der Waals surface area contributed by atoms with Gasteiger partial charge in [0.1, 0.15) is 0 Å². The summed E-state index contributed by atoms with van der Waals surface area (Å²) in [4.78, 5) is 15.0. The molecule has 1 fully saturated rings. The third kappa shape index (κ3) is 6.52. The lowest BCUT2D eigenvalue weighted by atomic mass is 9.92. The first-order valence-electron chi connectivity index (χ1n) is 11.1. The Morgan fingerprint density at radius 3 is 2.59 bits per heavy atom. The molecule has 0 unspecified atom stereocenters. The second kappa shape index (κ2) is 10.5. The summed E-state index contributed by atoms with van der Waals surface area (Å²) in [5.74, 6) is -0.0786. The Morgan fingerprint density at radius 2 is 1.86 bits per heavy atom. The SMILES string of the molecule is CCCCN1CCC(NC(=O)CCNS(=O)(=O)c2ccc3c(c2)CCCC3)CC1. The number of carbonyl (C=O) groups is 1. The average molecular weight is 422 g/mol. The van der Waals surface area contributed by atoms with Crippen molar-refractivity contribution in [3.63, 3.8) is 0 Å². The topological polar surface area (TPSA) is 78.5 Å². The minimum atomic E-state index is -3.58. The molecule has 6 nitrogen and oxygen atoms in total. The van der Waals surface area contributed by atoms with Crippen molar-refractivity contribution in [3.05, 3.63) is 29.3 Å². The number of likely N-dealkylation sites (tertiary alicyclic amines) is 1. The zero-order valence-electron chi connectivity index (χ0n) is 17.6. The number of piperidine rings is 1. The van der Waals surface area contributed by atoms with Gasteiger partial charge < -0.3 is 10.2 Å². The third-order valence-electron chi connectivity index (χ3n) is 6.05. The van der Waals surface area contributed by atoms with Crippen molar-refractivity contribution in [2.75, 3.05) is 26.2 Å². The maximum atomic E-state index is 12.6. The number of nitrogens with zero attached hydrogens (tertiary/aromatic N) is 1. The zero-order chi connectivity index (χ0) is 20.7. The molecule has 0 bridgehead atoms. The first kappa shape index (κ1) is 22.2. The number of carbonyl (C=O) groups excluding carboxylic acids is 1. The maximum Gasteiger partial charge on any atom is 0.240 e. The predicted molar refractivity (Wildman–Crippen MR) is 115 cm³/mol. The molecule has 1 saturated heterocycles. The summed E-state index contributed by atoms with van der Waals surface area (Å²) >= 11 is 0. The van der Waals surface area contributed by atoms with Crippen LogP contribution in [0.1, 0.15) is 63.0 Å². The van der Waals surface area contributed by atoms with Crippen LogP contribution >= 0.6 is 0 Å². The van der Waals surface area contributed by atoms with Crippen molar-refractivity contribution in [1.82, 2.24) is 14.9 Å². The van der Waals surface area contributed by atoms with Gasteiger partial charge in [-0.3, -0.25) is 4.79 Å². The van der Waals surface area contributed by atoms with Crippen LogP contribution in [0.3, 0.4) is 0 Å². The molecule has 1 aromatic rings. The van der Waals surface area contributed by atoms with Crippen LogP contribution in [0, 0.1) is 0 Å². The van der Waals surface area contributed by atoms with Gasteiger partial charge in [-0.15, -0.1) is 0 Å². The summed E-state index contributed by atoms with van der Waals surface area (Å²) in [6, 6.07) is 5.61. The van der Waals surface area contributed by atoms with Crippen LogP contribution in [0.4, 0.5) is 0 Å². The fourth-order valence-corrected chi connectivity index (χ4v) is 5.32. The number of hydrogen-bond acceptors (Lipinski definition) is 4. The number of hydrogen-bond donors (Lipinski definition) is 2. The summed E-state index contributed by atoms with van der Waals surface area (Å²) < 4.78 is 27.7. The maximum absolute atomic E-state index is 12.6.